The molecule has 0 aliphatic heterocycles. The Morgan fingerprint density at radius 2 is 1.85 bits per heavy atom. The third kappa shape index (κ3) is 3.24. The van der Waals surface area contributed by atoms with Crippen LogP contribution in [0.2, 0.25) is 5.02 Å². The van der Waals surface area contributed by atoms with Gasteiger partial charge in [0.2, 0.25) is 0 Å². The third-order valence-corrected chi connectivity index (χ3v) is 3.23. The quantitative estimate of drug-likeness (QED) is 0.910. The van der Waals surface area contributed by atoms with E-state index >= 15 is 0 Å². The van der Waals surface area contributed by atoms with Crippen LogP contribution in [0.5, 0.6) is 11.5 Å². The fraction of sp³-hybridized carbons (Fsp3) is 0.250. The summed E-state index contributed by atoms with van der Waals surface area (Å²) in [6.07, 6.45) is -0.792. The van der Waals surface area contributed by atoms with Crippen LogP contribution in [0.4, 0.5) is 0 Å². The van der Waals surface area contributed by atoms with Gasteiger partial charge < -0.3 is 14.6 Å². The lowest BCUT2D eigenvalue weighted by Gasteiger charge is -2.16. The van der Waals surface area contributed by atoms with Crippen LogP contribution in [0.3, 0.4) is 0 Å². The van der Waals surface area contributed by atoms with Gasteiger partial charge in [-0.25, -0.2) is 0 Å². The normalized spacial score (nSPS) is 12.0. The SMILES string of the molecule is CCOc1ccc(C(O)c2cc(Cl)ccc2OC)cc1. The molecule has 0 radical (unpaired) electrons. The van der Waals surface area contributed by atoms with Crippen molar-refractivity contribution in [3.05, 3.63) is 58.6 Å². The first kappa shape index (κ1) is 14.7. The van der Waals surface area contributed by atoms with Crippen LogP contribution < -0.4 is 9.47 Å². The van der Waals surface area contributed by atoms with Crippen molar-refractivity contribution in [2.24, 2.45) is 0 Å². The van der Waals surface area contributed by atoms with Gasteiger partial charge in [-0.15, -0.1) is 0 Å². The lowest BCUT2D eigenvalue weighted by Crippen LogP contribution is -2.02. The van der Waals surface area contributed by atoms with E-state index in [1.165, 1.54) is 0 Å². The van der Waals surface area contributed by atoms with E-state index < -0.39 is 6.10 Å². The highest BCUT2D eigenvalue weighted by Crippen LogP contribution is 2.32. The zero-order chi connectivity index (χ0) is 14.5. The van der Waals surface area contributed by atoms with E-state index in [2.05, 4.69) is 0 Å². The Morgan fingerprint density at radius 3 is 2.45 bits per heavy atom. The maximum atomic E-state index is 10.5. The summed E-state index contributed by atoms with van der Waals surface area (Å²) in [6.45, 7) is 2.55. The van der Waals surface area contributed by atoms with Crippen LogP contribution in [0.15, 0.2) is 42.5 Å². The van der Waals surface area contributed by atoms with Gasteiger partial charge in [-0.3, -0.25) is 0 Å². The molecule has 3 nitrogen and oxygen atoms in total. The van der Waals surface area contributed by atoms with Crippen LogP contribution >= 0.6 is 11.6 Å². The van der Waals surface area contributed by atoms with E-state index in [9.17, 15) is 5.11 Å². The largest absolute Gasteiger partial charge is 0.496 e. The third-order valence-electron chi connectivity index (χ3n) is 2.99. The number of hydrogen-bond acceptors (Lipinski definition) is 3. The van der Waals surface area contributed by atoms with Crippen molar-refractivity contribution in [1.29, 1.82) is 0 Å². The fourth-order valence-corrected chi connectivity index (χ4v) is 2.19. The van der Waals surface area contributed by atoms with Gasteiger partial charge >= 0.3 is 0 Å². The van der Waals surface area contributed by atoms with Crippen LogP contribution in [-0.2, 0) is 0 Å². The minimum Gasteiger partial charge on any atom is -0.496 e. The van der Waals surface area contributed by atoms with E-state index in [0.717, 1.165) is 11.3 Å². The Kier molecular flexibility index (Phi) is 4.88. The van der Waals surface area contributed by atoms with E-state index in [1.54, 1.807) is 25.3 Å². The first-order valence-electron chi connectivity index (χ1n) is 6.40. The molecular weight excluding hydrogens is 276 g/mol. The topological polar surface area (TPSA) is 38.7 Å². The summed E-state index contributed by atoms with van der Waals surface area (Å²) in [7, 11) is 1.57. The fourth-order valence-electron chi connectivity index (χ4n) is 2.01. The molecule has 0 aliphatic carbocycles. The maximum Gasteiger partial charge on any atom is 0.125 e. The van der Waals surface area contributed by atoms with Gasteiger partial charge in [-0.1, -0.05) is 23.7 Å². The zero-order valence-corrected chi connectivity index (χ0v) is 12.2. The van der Waals surface area contributed by atoms with Crippen molar-refractivity contribution in [3.63, 3.8) is 0 Å². The number of ether oxygens (including phenoxy) is 2. The van der Waals surface area contributed by atoms with Crippen molar-refractivity contribution in [1.82, 2.24) is 0 Å². The molecule has 0 amide bonds. The second-order valence-electron chi connectivity index (χ2n) is 4.29. The molecule has 1 atom stereocenters. The van der Waals surface area contributed by atoms with Gasteiger partial charge in [0, 0.05) is 10.6 Å². The Hall–Kier alpha value is -1.71. The van der Waals surface area contributed by atoms with Crippen LogP contribution in [-0.4, -0.2) is 18.8 Å². The molecule has 0 heterocycles. The predicted molar refractivity (Wildman–Crippen MR) is 79.7 cm³/mol. The van der Waals surface area contributed by atoms with Crippen molar-refractivity contribution in [2.45, 2.75) is 13.0 Å². The lowest BCUT2D eigenvalue weighted by atomic mass is 10.0. The molecule has 4 heteroatoms. The number of rotatable bonds is 5. The molecule has 0 saturated heterocycles. The average Bonchev–Trinajstić information content (AvgIpc) is 2.47. The number of halogens is 1. The number of methoxy groups -OCH3 is 1. The van der Waals surface area contributed by atoms with Crippen LogP contribution in [0.1, 0.15) is 24.2 Å². The minimum absolute atomic E-state index is 0.561. The number of hydrogen-bond donors (Lipinski definition) is 1. The molecule has 0 aliphatic rings. The summed E-state index contributed by atoms with van der Waals surface area (Å²) < 4.78 is 10.6. The molecule has 2 rings (SSSR count). The number of aliphatic hydroxyl groups excluding tert-OH is 1. The van der Waals surface area contributed by atoms with Gasteiger partial charge in [-0.05, 0) is 42.8 Å². The second kappa shape index (κ2) is 6.64. The highest BCUT2D eigenvalue weighted by atomic mass is 35.5. The summed E-state index contributed by atoms with van der Waals surface area (Å²) in [5.74, 6) is 1.39. The molecular formula is C16H17ClO3. The van der Waals surface area contributed by atoms with Gasteiger partial charge in [0.25, 0.3) is 0 Å². The van der Waals surface area contributed by atoms with Crippen molar-refractivity contribution >= 4 is 11.6 Å². The molecule has 2 aromatic rings. The van der Waals surface area contributed by atoms with E-state index in [4.69, 9.17) is 21.1 Å². The standard InChI is InChI=1S/C16H17ClO3/c1-3-20-13-7-4-11(5-8-13)16(18)14-10-12(17)6-9-15(14)19-2/h4-10,16,18H,3H2,1-2H3. The summed E-state index contributed by atoms with van der Waals surface area (Å²) in [4.78, 5) is 0. The summed E-state index contributed by atoms with van der Waals surface area (Å²) in [5.41, 5.74) is 1.40. The lowest BCUT2D eigenvalue weighted by molar-refractivity contribution is 0.214. The van der Waals surface area contributed by atoms with E-state index in [-0.39, 0.29) is 0 Å². The van der Waals surface area contributed by atoms with E-state index in [1.807, 2.05) is 31.2 Å². The van der Waals surface area contributed by atoms with Gasteiger partial charge in [-0.2, -0.15) is 0 Å². The highest BCUT2D eigenvalue weighted by molar-refractivity contribution is 6.30. The first-order valence-corrected chi connectivity index (χ1v) is 6.77. The molecule has 2 aromatic carbocycles. The first-order chi connectivity index (χ1) is 9.65. The second-order valence-corrected chi connectivity index (χ2v) is 4.73. The Labute approximate surface area is 123 Å². The van der Waals surface area contributed by atoms with Crippen molar-refractivity contribution in [2.75, 3.05) is 13.7 Å². The van der Waals surface area contributed by atoms with Gasteiger partial charge in [0.15, 0.2) is 0 Å². The highest BCUT2D eigenvalue weighted by Gasteiger charge is 2.16. The Morgan fingerprint density at radius 1 is 1.15 bits per heavy atom. The number of benzene rings is 2. The molecule has 1 N–H and O–H groups in total. The molecule has 0 spiro atoms. The monoisotopic (exact) mass is 292 g/mol. The maximum absolute atomic E-state index is 10.5. The summed E-state index contributed by atoms with van der Waals surface area (Å²) in [5, 5.41) is 11.0. The molecule has 0 saturated carbocycles. The molecule has 106 valence electrons. The molecule has 0 aromatic heterocycles. The van der Waals surface area contributed by atoms with Crippen molar-refractivity contribution in [3.8, 4) is 11.5 Å². The molecule has 0 fully saturated rings. The summed E-state index contributed by atoms with van der Waals surface area (Å²) in [6, 6.07) is 12.5. The number of aliphatic hydroxyl groups is 1. The molecule has 1 unspecified atom stereocenters. The Balaban J connectivity index is 2.30. The smallest absolute Gasteiger partial charge is 0.125 e. The Bertz CT molecular complexity index is 566. The summed E-state index contributed by atoms with van der Waals surface area (Å²) >= 11 is 5.99. The molecule has 0 bridgehead atoms. The zero-order valence-electron chi connectivity index (χ0n) is 11.5. The molecule has 20 heavy (non-hydrogen) atoms. The van der Waals surface area contributed by atoms with E-state index in [0.29, 0.717) is 22.9 Å². The minimum atomic E-state index is -0.792. The van der Waals surface area contributed by atoms with Gasteiger partial charge in [0.05, 0.1) is 13.7 Å². The average molecular weight is 293 g/mol. The van der Waals surface area contributed by atoms with Crippen molar-refractivity contribution < 1.29 is 14.6 Å². The van der Waals surface area contributed by atoms with Crippen LogP contribution in [0.25, 0.3) is 0 Å². The van der Waals surface area contributed by atoms with Gasteiger partial charge in [0.1, 0.15) is 17.6 Å². The van der Waals surface area contributed by atoms with Crippen LogP contribution in [0, 0.1) is 0 Å². The predicted octanol–water partition coefficient (Wildman–Crippen LogP) is 3.83.